The summed E-state index contributed by atoms with van der Waals surface area (Å²) < 4.78 is 5.20. The molecule has 2 aromatic rings. The molecule has 0 aromatic carbocycles. The van der Waals surface area contributed by atoms with E-state index < -0.39 is 0 Å². The number of pyridine rings is 2. The van der Waals surface area contributed by atoms with Crippen LogP contribution >= 0.6 is 0 Å². The summed E-state index contributed by atoms with van der Waals surface area (Å²) in [7, 11) is 1.64. The molecule has 0 spiro atoms. The molecule has 1 amide bonds. The summed E-state index contributed by atoms with van der Waals surface area (Å²) in [6, 6.07) is 9.41. The minimum Gasteiger partial charge on any atom is -0.497 e. The van der Waals surface area contributed by atoms with Crippen LogP contribution in [0.5, 0.6) is 5.75 Å². The Morgan fingerprint density at radius 2 is 2.04 bits per heavy atom. The molecule has 1 aliphatic rings. The Morgan fingerprint density at radius 3 is 2.74 bits per heavy atom. The lowest BCUT2D eigenvalue weighted by Gasteiger charge is -2.32. The Kier molecular flexibility index (Phi) is 4.71. The van der Waals surface area contributed by atoms with Crippen molar-refractivity contribution in [3.05, 3.63) is 48.4 Å². The van der Waals surface area contributed by atoms with E-state index in [2.05, 4.69) is 15.3 Å². The minimum absolute atomic E-state index is 0.00329. The molecule has 3 heterocycles. The third kappa shape index (κ3) is 3.77. The summed E-state index contributed by atoms with van der Waals surface area (Å²) in [6.45, 7) is 1.44. The monoisotopic (exact) mass is 312 g/mol. The molecule has 0 aliphatic carbocycles. The third-order valence-corrected chi connectivity index (χ3v) is 3.99. The van der Waals surface area contributed by atoms with Gasteiger partial charge in [-0.05, 0) is 31.0 Å². The number of anilines is 1. The first-order chi connectivity index (χ1) is 11.3. The van der Waals surface area contributed by atoms with Gasteiger partial charge >= 0.3 is 0 Å². The fourth-order valence-electron chi connectivity index (χ4n) is 2.70. The van der Waals surface area contributed by atoms with E-state index in [0.717, 1.165) is 37.5 Å². The molecule has 120 valence electrons. The molecule has 6 nitrogen and oxygen atoms in total. The molecule has 3 rings (SSSR count). The standard InChI is InChI=1S/C17H20N4O2/c1-23-14-5-9-19-16(12-14)20-13-6-10-21(11-7-13)17(22)15-4-2-3-8-18-15/h2-5,8-9,12-13H,6-7,10-11H2,1H3,(H,19,20). The third-order valence-electron chi connectivity index (χ3n) is 3.99. The van der Waals surface area contributed by atoms with Crippen LogP contribution in [-0.4, -0.2) is 47.0 Å². The molecule has 1 aliphatic heterocycles. The van der Waals surface area contributed by atoms with Crippen molar-refractivity contribution in [3.8, 4) is 5.75 Å². The van der Waals surface area contributed by atoms with Crippen LogP contribution in [-0.2, 0) is 0 Å². The van der Waals surface area contributed by atoms with E-state index in [0.29, 0.717) is 11.7 Å². The van der Waals surface area contributed by atoms with E-state index in [4.69, 9.17) is 4.74 Å². The van der Waals surface area contributed by atoms with Crippen molar-refractivity contribution >= 4 is 11.7 Å². The number of carbonyl (C=O) groups is 1. The number of amides is 1. The van der Waals surface area contributed by atoms with E-state index in [-0.39, 0.29) is 5.91 Å². The Balaban J connectivity index is 1.55. The second-order valence-electron chi connectivity index (χ2n) is 5.51. The highest BCUT2D eigenvalue weighted by Crippen LogP contribution is 2.19. The van der Waals surface area contributed by atoms with Crippen molar-refractivity contribution < 1.29 is 9.53 Å². The van der Waals surface area contributed by atoms with Gasteiger partial charge in [0.25, 0.3) is 5.91 Å². The summed E-state index contributed by atoms with van der Waals surface area (Å²) >= 11 is 0. The zero-order chi connectivity index (χ0) is 16.1. The van der Waals surface area contributed by atoms with Gasteiger partial charge in [-0.15, -0.1) is 0 Å². The van der Waals surface area contributed by atoms with E-state index >= 15 is 0 Å². The van der Waals surface area contributed by atoms with Gasteiger partial charge in [0, 0.05) is 37.6 Å². The topological polar surface area (TPSA) is 67.3 Å². The van der Waals surface area contributed by atoms with Gasteiger partial charge in [0.1, 0.15) is 17.3 Å². The zero-order valence-corrected chi connectivity index (χ0v) is 13.1. The van der Waals surface area contributed by atoms with Crippen molar-refractivity contribution in [3.63, 3.8) is 0 Å². The van der Waals surface area contributed by atoms with Gasteiger partial charge in [0.2, 0.25) is 0 Å². The largest absolute Gasteiger partial charge is 0.497 e. The van der Waals surface area contributed by atoms with Gasteiger partial charge in [0.15, 0.2) is 0 Å². The molecule has 2 aromatic heterocycles. The Labute approximate surface area is 135 Å². The quantitative estimate of drug-likeness (QED) is 0.937. The van der Waals surface area contributed by atoms with E-state index in [9.17, 15) is 4.79 Å². The number of nitrogens with one attached hydrogen (secondary N) is 1. The Morgan fingerprint density at radius 1 is 1.22 bits per heavy atom. The molecule has 0 unspecified atom stereocenters. The average molecular weight is 312 g/mol. The molecule has 6 heteroatoms. The van der Waals surface area contributed by atoms with Crippen molar-refractivity contribution in [1.82, 2.24) is 14.9 Å². The summed E-state index contributed by atoms with van der Waals surface area (Å²) in [6.07, 6.45) is 5.14. The van der Waals surface area contributed by atoms with Gasteiger partial charge in [-0.2, -0.15) is 0 Å². The first-order valence-electron chi connectivity index (χ1n) is 7.73. The lowest BCUT2D eigenvalue weighted by molar-refractivity contribution is 0.0712. The molecule has 23 heavy (non-hydrogen) atoms. The number of nitrogens with zero attached hydrogens (tertiary/aromatic N) is 3. The number of hydrogen-bond acceptors (Lipinski definition) is 5. The molecule has 0 bridgehead atoms. The second kappa shape index (κ2) is 7.09. The molecule has 1 saturated heterocycles. The van der Waals surface area contributed by atoms with Crippen molar-refractivity contribution in [2.45, 2.75) is 18.9 Å². The minimum atomic E-state index is 0.00329. The van der Waals surface area contributed by atoms with Gasteiger partial charge in [-0.25, -0.2) is 4.98 Å². The maximum absolute atomic E-state index is 12.4. The molecule has 0 saturated carbocycles. The molecular formula is C17H20N4O2. The van der Waals surface area contributed by atoms with E-state index in [1.54, 1.807) is 25.6 Å². The van der Waals surface area contributed by atoms with Crippen molar-refractivity contribution in [1.29, 1.82) is 0 Å². The van der Waals surface area contributed by atoms with Crippen LogP contribution in [0.4, 0.5) is 5.82 Å². The number of likely N-dealkylation sites (tertiary alicyclic amines) is 1. The fraction of sp³-hybridized carbons (Fsp3) is 0.353. The van der Waals surface area contributed by atoms with Gasteiger partial charge in [-0.3, -0.25) is 9.78 Å². The van der Waals surface area contributed by atoms with E-state index in [1.807, 2.05) is 29.2 Å². The fourth-order valence-corrected chi connectivity index (χ4v) is 2.70. The van der Waals surface area contributed by atoms with Crippen LogP contribution in [0.3, 0.4) is 0 Å². The van der Waals surface area contributed by atoms with Gasteiger partial charge < -0.3 is 15.0 Å². The van der Waals surface area contributed by atoms with Gasteiger partial charge in [0.05, 0.1) is 7.11 Å². The molecule has 0 atom stereocenters. The zero-order valence-electron chi connectivity index (χ0n) is 13.1. The maximum Gasteiger partial charge on any atom is 0.272 e. The number of methoxy groups -OCH3 is 1. The number of hydrogen-bond donors (Lipinski definition) is 1. The highest BCUT2D eigenvalue weighted by molar-refractivity contribution is 5.92. The van der Waals surface area contributed by atoms with Crippen LogP contribution in [0.25, 0.3) is 0 Å². The highest BCUT2D eigenvalue weighted by atomic mass is 16.5. The first kappa shape index (κ1) is 15.3. The number of rotatable bonds is 4. The van der Waals surface area contributed by atoms with Crippen LogP contribution < -0.4 is 10.1 Å². The normalized spacial score (nSPS) is 15.3. The van der Waals surface area contributed by atoms with Crippen molar-refractivity contribution in [2.75, 3.05) is 25.5 Å². The Hall–Kier alpha value is -2.63. The summed E-state index contributed by atoms with van der Waals surface area (Å²) in [5.74, 6) is 1.59. The SMILES string of the molecule is COc1ccnc(NC2CCN(C(=O)c3ccccn3)CC2)c1. The lowest BCUT2D eigenvalue weighted by atomic mass is 10.0. The van der Waals surface area contributed by atoms with E-state index in [1.165, 1.54) is 0 Å². The molecular weight excluding hydrogens is 292 g/mol. The summed E-state index contributed by atoms with van der Waals surface area (Å²) in [5, 5.41) is 3.41. The van der Waals surface area contributed by atoms with Crippen LogP contribution in [0.2, 0.25) is 0 Å². The molecule has 1 N–H and O–H groups in total. The predicted molar refractivity (Wildman–Crippen MR) is 87.6 cm³/mol. The van der Waals surface area contributed by atoms with Gasteiger partial charge in [-0.1, -0.05) is 6.07 Å². The average Bonchev–Trinajstić information content (AvgIpc) is 2.63. The number of ether oxygens (including phenoxy) is 1. The Bertz CT molecular complexity index is 655. The smallest absolute Gasteiger partial charge is 0.272 e. The van der Waals surface area contributed by atoms with Crippen LogP contribution in [0, 0.1) is 0 Å². The summed E-state index contributed by atoms with van der Waals surface area (Å²) in [4.78, 5) is 22.7. The van der Waals surface area contributed by atoms with Crippen LogP contribution in [0.15, 0.2) is 42.7 Å². The number of carbonyl (C=O) groups excluding carboxylic acids is 1. The lowest BCUT2D eigenvalue weighted by Crippen LogP contribution is -2.42. The maximum atomic E-state index is 12.4. The second-order valence-corrected chi connectivity index (χ2v) is 5.51. The highest BCUT2D eigenvalue weighted by Gasteiger charge is 2.24. The summed E-state index contributed by atoms with van der Waals surface area (Å²) in [5.41, 5.74) is 0.508. The molecule has 0 radical (unpaired) electrons. The predicted octanol–water partition coefficient (Wildman–Crippen LogP) is 2.20. The number of aromatic nitrogens is 2. The van der Waals surface area contributed by atoms with Crippen LogP contribution in [0.1, 0.15) is 23.3 Å². The number of piperidine rings is 1. The van der Waals surface area contributed by atoms with Crippen molar-refractivity contribution in [2.24, 2.45) is 0 Å². The molecule has 1 fully saturated rings. The first-order valence-corrected chi connectivity index (χ1v) is 7.73.